The van der Waals surface area contributed by atoms with E-state index in [0.29, 0.717) is 16.5 Å². The van der Waals surface area contributed by atoms with Crippen LogP contribution in [0.25, 0.3) is 0 Å². The van der Waals surface area contributed by atoms with Crippen LogP contribution in [0.1, 0.15) is 43.5 Å². The van der Waals surface area contributed by atoms with Crippen LogP contribution in [0.3, 0.4) is 0 Å². The first-order valence-electron chi connectivity index (χ1n) is 6.73. The molecule has 0 saturated heterocycles. The lowest BCUT2D eigenvalue weighted by Crippen LogP contribution is -2.39. The molecule has 2 nitrogen and oxygen atoms in total. The van der Waals surface area contributed by atoms with Crippen LogP contribution >= 0.6 is 27.5 Å². The molecule has 0 bridgehead atoms. The molecule has 3 atom stereocenters. The molecule has 104 valence electrons. The van der Waals surface area contributed by atoms with Gasteiger partial charge in [0.05, 0.1) is 10.6 Å². The summed E-state index contributed by atoms with van der Waals surface area (Å²) < 4.78 is 0.868. The summed E-state index contributed by atoms with van der Waals surface area (Å²) in [7, 11) is 0. The molecule has 1 amide bonds. The van der Waals surface area contributed by atoms with Crippen LogP contribution in [-0.4, -0.2) is 11.9 Å². The molecule has 3 unspecified atom stereocenters. The Hall–Kier alpha value is -0.540. The van der Waals surface area contributed by atoms with Crippen molar-refractivity contribution < 1.29 is 4.79 Å². The first-order chi connectivity index (χ1) is 8.97. The number of hydrogen-bond donors (Lipinski definition) is 1. The summed E-state index contributed by atoms with van der Waals surface area (Å²) >= 11 is 9.45. The van der Waals surface area contributed by atoms with E-state index in [1.807, 2.05) is 6.07 Å². The summed E-state index contributed by atoms with van der Waals surface area (Å²) in [6.45, 7) is 4.54. The van der Waals surface area contributed by atoms with Crippen molar-refractivity contribution >= 4 is 33.4 Å². The maximum absolute atomic E-state index is 12.3. The maximum atomic E-state index is 12.3. The molecule has 1 aromatic rings. The van der Waals surface area contributed by atoms with Gasteiger partial charge in [0.2, 0.25) is 0 Å². The zero-order chi connectivity index (χ0) is 14.0. The molecule has 0 spiro atoms. The van der Waals surface area contributed by atoms with Gasteiger partial charge < -0.3 is 5.32 Å². The Morgan fingerprint density at radius 3 is 2.74 bits per heavy atom. The standard InChI is InChI=1S/C15H19BrClNO/c1-9-3-5-12(7-10(9)2)18-15(19)13-8-11(16)4-6-14(13)17/h4,6,8-10,12H,3,5,7H2,1-2H3,(H,18,19). The number of halogens is 2. The van der Waals surface area contributed by atoms with Gasteiger partial charge in [0, 0.05) is 10.5 Å². The van der Waals surface area contributed by atoms with E-state index in [1.165, 1.54) is 6.42 Å². The Morgan fingerprint density at radius 2 is 2.05 bits per heavy atom. The van der Waals surface area contributed by atoms with Crippen LogP contribution < -0.4 is 5.32 Å². The Morgan fingerprint density at radius 1 is 1.32 bits per heavy atom. The number of hydrogen-bond acceptors (Lipinski definition) is 1. The molecule has 1 fully saturated rings. The zero-order valence-electron chi connectivity index (χ0n) is 11.2. The third-order valence-corrected chi connectivity index (χ3v) is 4.93. The van der Waals surface area contributed by atoms with E-state index in [1.54, 1.807) is 12.1 Å². The lowest BCUT2D eigenvalue weighted by Gasteiger charge is -2.32. The third-order valence-electron chi connectivity index (χ3n) is 4.11. The highest BCUT2D eigenvalue weighted by Gasteiger charge is 2.26. The van der Waals surface area contributed by atoms with Crippen molar-refractivity contribution in [3.05, 3.63) is 33.3 Å². The van der Waals surface area contributed by atoms with Crippen LogP contribution in [0.4, 0.5) is 0 Å². The van der Waals surface area contributed by atoms with Crippen LogP contribution in [0.5, 0.6) is 0 Å². The van der Waals surface area contributed by atoms with Gasteiger partial charge >= 0.3 is 0 Å². The van der Waals surface area contributed by atoms with Crippen molar-refractivity contribution in [1.29, 1.82) is 0 Å². The number of carbonyl (C=O) groups excluding carboxylic acids is 1. The van der Waals surface area contributed by atoms with Gasteiger partial charge in [0.25, 0.3) is 5.91 Å². The van der Waals surface area contributed by atoms with Crippen molar-refractivity contribution in [3.63, 3.8) is 0 Å². The molecule has 1 aliphatic carbocycles. The van der Waals surface area contributed by atoms with Crippen LogP contribution in [0.15, 0.2) is 22.7 Å². The van der Waals surface area contributed by atoms with E-state index in [4.69, 9.17) is 11.6 Å². The van der Waals surface area contributed by atoms with Crippen LogP contribution in [-0.2, 0) is 0 Å². The van der Waals surface area contributed by atoms with E-state index >= 15 is 0 Å². The summed E-state index contributed by atoms with van der Waals surface area (Å²) in [5.41, 5.74) is 0.544. The second-order valence-electron chi connectivity index (χ2n) is 5.56. The molecule has 1 saturated carbocycles. The second-order valence-corrected chi connectivity index (χ2v) is 6.89. The SMILES string of the molecule is CC1CCC(NC(=O)c2cc(Br)ccc2Cl)CC1C. The summed E-state index contributed by atoms with van der Waals surface area (Å²) in [5.74, 6) is 1.35. The molecule has 0 aromatic heterocycles. The van der Waals surface area contributed by atoms with Gasteiger partial charge in [-0.05, 0) is 49.3 Å². The van der Waals surface area contributed by atoms with E-state index in [-0.39, 0.29) is 11.9 Å². The lowest BCUT2D eigenvalue weighted by molar-refractivity contribution is 0.0910. The molecule has 1 aromatic carbocycles. The van der Waals surface area contributed by atoms with Gasteiger partial charge in [-0.2, -0.15) is 0 Å². The number of carbonyl (C=O) groups is 1. The van der Waals surface area contributed by atoms with E-state index in [0.717, 1.165) is 23.2 Å². The Kier molecular flexibility index (Phi) is 4.91. The Balaban J connectivity index is 2.03. The first kappa shape index (κ1) is 14.9. The number of amides is 1. The third kappa shape index (κ3) is 3.73. The molecule has 0 heterocycles. The van der Waals surface area contributed by atoms with Crippen molar-refractivity contribution in [2.24, 2.45) is 11.8 Å². The normalized spacial score (nSPS) is 27.1. The van der Waals surface area contributed by atoms with Crippen LogP contribution in [0, 0.1) is 11.8 Å². The Labute approximate surface area is 128 Å². The predicted octanol–water partition coefficient (Wildman–Crippen LogP) is 4.66. The highest BCUT2D eigenvalue weighted by molar-refractivity contribution is 9.10. The van der Waals surface area contributed by atoms with Gasteiger partial charge in [-0.25, -0.2) is 0 Å². The van der Waals surface area contributed by atoms with Crippen molar-refractivity contribution in [2.75, 3.05) is 0 Å². The van der Waals surface area contributed by atoms with Gasteiger partial charge in [-0.15, -0.1) is 0 Å². The van der Waals surface area contributed by atoms with E-state index in [9.17, 15) is 4.79 Å². The second kappa shape index (κ2) is 6.27. The van der Waals surface area contributed by atoms with Gasteiger partial charge in [0.15, 0.2) is 0 Å². The molecule has 4 heteroatoms. The quantitative estimate of drug-likeness (QED) is 0.831. The van der Waals surface area contributed by atoms with Crippen LogP contribution in [0.2, 0.25) is 5.02 Å². The summed E-state index contributed by atoms with van der Waals surface area (Å²) in [6, 6.07) is 5.62. The highest BCUT2D eigenvalue weighted by atomic mass is 79.9. The largest absolute Gasteiger partial charge is 0.349 e. The average Bonchev–Trinajstić information content (AvgIpc) is 2.36. The van der Waals surface area contributed by atoms with E-state index < -0.39 is 0 Å². The Bertz CT molecular complexity index is 477. The van der Waals surface area contributed by atoms with Crippen molar-refractivity contribution in [3.8, 4) is 0 Å². The average molecular weight is 345 g/mol. The topological polar surface area (TPSA) is 29.1 Å². The first-order valence-corrected chi connectivity index (χ1v) is 7.90. The molecule has 2 rings (SSSR count). The van der Waals surface area contributed by atoms with E-state index in [2.05, 4.69) is 35.1 Å². The minimum Gasteiger partial charge on any atom is -0.349 e. The lowest BCUT2D eigenvalue weighted by atomic mass is 9.79. The van der Waals surface area contributed by atoms with Crippen molar-refractivity contribution in [1.82, 2.24) is 5.32 Å². The number of rotatable bonds is 2. The monoisotopic (exact) mass is 343 g/mol. The van der Waals surface area contributed by atoms with Crippen molar-refractivity contribution in [2.45, 2.75) is 39.2 Å². The molecular weight excluding hydrogens is 326 g/mol. The predicted molar refractivity (Wildman–Crippen MR) is 82.6 cm³/mol. The molecule has 1 aliphatic rings. The smallest absolute Gasteiger partial charge is 0.253 e. The fourth-order valence-corrected chi connectivity index (χ4v) is 3.18. The van der Waals surface area contributed by atoms with Gasteiger partial charge in [0.1, 0.15) is 0 Å². The molecular formula is C15H19BrClNO. The summed E-state index contributed by atoms with van der Waals surface area (Å²) in [5, 5.41) is 3.61. The molecule has 0 aliphatic heterocycles. The fourth-order valence-electron chi connectivity index (χ4n) is 2.61. The molecule has 19 heavy (non-hydrogen) atoms. The minimum atomic E-state index is -0.0712. The van der Waals surface area contributed by atoms with Gasteiger partial charge in [-0.1, -0.05) is 41.4 Å². The summed E-state index contributed by atoms with van der Waals surface area (Å²) in [6.07, 6.45) is 3.29. The molecule has 0 radical (unpaired) electrons. The number of nitrogens with one attached hydrogen (secondary N) is 1. The minimum absolute atomic E-state index is 0.0712. The fraction of sp³-hybridized carbons (Fsp3) is 0.533. The zero-order valence-corrected chi connectivity index (χ0v) is 13.6. The maximum Gasteiger partial charge on any atom is 0.253 e. The molecule has 1 N–H and O–H groups in total. The number of benzene rings is 1. The highest BCUT2D eigenvalue weighted by Crippen LogP contribution is 2.30. The van der Waals surface area contributed by atoms with Gasteiger partial charge in [-0.3, -0.25) is 4.79 Å². The summed E-state index contributed by atoms with van der Waals surface area (Å²) in [4.78, 5) is 12.3.